The van der Waals surface area contributed by atoms with Crippen molar-refractivity contribution in [3.05, 3.63) is 12.2 Å². The predicted octanol–water partition coefficient (Wildman–Crippen LogP) is -4.18. The summed E-state index contributed by atoms with van der Waals surface area (Å²) in [5, 5.41) is 17.2. The van der Waals surface area contributed by atoms with Crippen LogP contribution in [0.2, 0.25) is 0 Å². The van der Waals surface area contributed by atoms with Gasteiger partial charge in [0.1, 0.15) is 6.07 Å². The number of carbonyl (C=O) groups is 1. The molecule has 0 saturated carbocycles. The number of hydrogen-bond acceptors (Lipinski definition) is 3. The third-order valence-corrected chi connectivity index (χ3v) is 0.381. The van der Waals surface area contributed by atoms with Crippen LogP contribution in [0.15, 0.2) is 12.2 Å². The zero-order valence-corrected chi connectivity index (χ0v) is 4.47. The van der Waals surface area contributed by atoms with E-state index < -0.39 is 11.5 Å². The van der Waals surface area contributed by atoms with Gasteiger partial charge in [0.25, 0.3) is 0 Å². The molecule has 0 aromatic heterocycles. The maximum atomic E-state index is 9.50. The smallest absolute Gasteiger partial charge is 0.544 e. The fourth-order valence-electron chi connectivity index (χ4n) is 0.0456. The first-order valence-electron chi connectivity index (χ1n) is 1.49. The van der Waals surface area contributed by atoms with E-state index in [9.17, 15) is 9.90 Å². The van der Waals surface area contributed by atoms with Crippen LogP contribution in [-0.4, -0.2) is 5.97 Å². The van der Waals surface area contributed by atoms with Crippen molar-refractivity contribution in [3.63, 3.8) is 0 Å². The second kappa shape index (κ2) is 4.46. The normalized spacial score (nSPS) is 5.88. The molecule has 3 nitrogen and oxygen atoms in total. The molecule has 0 rings (SSSR count). The summed E-state index contributed by atoms with van der Waals surface area (Å²) in [5.41, 5.74) is -0.542. The van der Waals surface area contributed by atoms with E-state index in [0.717, 1.165) is 0 Å². The van der Waals surface area contributed by atoms with Gasteiger partial charge in [0.2, 0.25) is 0 Å². The van der Waals surface area contributed by atoms with Crippen molar-refractivity contribution in [2.45, 2.75) is 0 Å². The van der Waals surface area contributed by atoms with Crippen LogP contribution in [-0.2, 0) is 4.79 Å². The Morgan fingerprint density at radius 3 is 2.12 bits per heavy atom. The van der Waals surface area contributed by atoms with E-state index in [-0.39, 0.29) is 18.9 Å². The average molecular weight is 103 g/mol. The number of carbonyl (C=O) groups excluding carboxylic acids is 1. The molecule has 0 aromatic carbocycles. The van der Waals surface area contributed by atoms with E-state index in [1.165, 1.54) is 6.07 Å². The topological polar surface area (TPSA) is 63.9 Å². The first-order chi connectivity index (χ1) is 3.18. The van der Waals surface area contributed by atoms with Gasteiger partial charge in [0, 0.05) is 0 Å². The van der Waals surface area contributed by atoms with Crippen LogP contribution < -0.4 is 24.0 Å². The molecule has 0 aliphatic carbocycles. The minimum absolute atomic E-state index is 0. The van der Waals surface area contributed by atoms with Crippen LogP contribution in [0, 0.1) is 11.3 Å². The van der Waals surface area contributed by atoms with E-state index in [1.807, 2.05) is 0 Å². The Balaban J connectivity index is 0. The Hall–Kier alpha value is -0.703. The summed E-state index contributed by atoms with van der Waals surface area (Å²) in [5.74, 6) is -1.51. The minimum atomic E-state index is -1.51. The van der Waals surface area contributed by atoms with Crippen LogP contribution in [0.5, 0.6) is 0 Å². The van der Waals surface area contributed by atoms with Gasteiger partial charge in [-0.25, -0.2) is 0 Å². The van der Waals surface area contributed by atoms with Gasteiger partial charge in [0.05, 0.1) is 11.5 Å². The Morgan fingerprint density at radius 1 is 1.75 bits per heavy atom. The number of aliphatic carboxylic acids is 1. The molecular formula is C4H2LiNO2. The molecule has 0 aromatic rings. The number of carboxylic acid groups (broad SMARTS) is 1. The molecule has 4 heteroatoms. The summed E-state index contributed by atoms with van der Waals surface area (Å²) >= 11 is 0. The Labute approximate surface area is 58.8 Å². The van der Waals surface area contributed by atoms with Gasteiger partial charge in [-0.3, -0.25) is 0 Å². The van der Waals surface area contributed by atoms with E-state index in [0.29, 0.717) is 0 Å². The van der Waals surface area contributed by atoms with Crippen LogP contribution in [0.4, 0.5) is 0 Å². The van der Waals surface area contributed by atoms with Crippen LogP contribution in [0.3, 0.4) is 0 Å². The van der Waals surface area contributed by atoms with Gasteiger partial charge in [-0.1, -0.05) is 6.58 Å². The maximum absolute atomic E-state index is 9.50. The quantitative estimate of drug-likeness (QED) is 0.192. The molecule has 0 N–H and O–H groups in total. The number of hydrogen-bond donors (Lipinski definition) is 0. The SMILES string of the molecule is C=C(C#N)C(=O)[O-].[Li+]. The van der Waals surface area contributed by atoms with E-state index in [2.05, 4.69) is 6.58 Å². The summed E-state index contributed by atoms with van der Waals surface area (Å²) in [6.07, 6.45) is 0. The number of rotatable bonds is 1. The zero-order chi connectivity index (χ0) is 5.86. The third kappa shape index (κ3) is 3.49. The summed E-state index contributed by atoms with van der Waals surface area (Å²) in [6, 6.07) is 1.31. The fraction of sp³-hybridized carbons (Fsp3) is 0. The summed E-state index contributed by atoms with van der Waals surface area (Å²) < 4.78 is 0. The second-order valence-corrected chi connectivity index (χ2v) is 0.878. The monoisotopic (exact) mass is 103 g/mol. The fourth-order valence-corrected chi connectivity index (χ4v) is 0.0456. The molecule has 0 bridgehead atoms. The molecule has 36 valence electrons. The summed E-state index contributed by atoms with van der Waals surface area (Å²) in [6.45, 7) is 2.85. The Bertz CT molecular complexity index is 147. The van der Waals surface area contributed by atoms with Gasteiger partial charge in [-0.15, -0.1) is 0 Å². The predicted molar refractivity (Wildman–Crippen MR) is 19.8 cm³/mol. The van der Waals surface area contributed by atoms with E-state index in [4.69, 9.17) is 5.26 Å². The molecule has 0 spiro atoms. The molecular weight excluding hydrogens is 101 g/mol. The zero-order valence-electron chi connectivity index (χ0n) is 4.47. The number of nitriles is 1. The first kappa shape index (κ1) is 10.3. The number of carboxylic acids is 1. The van der Waals surface area contributed by atoms with Crippen molar-refractivity contribution in [1.29, 1.82) is 5.26 Å². The van der Waals surface area contributed by atoms with Crippen molar-refractivity contribution in [1.82, 2.24) is 0 Å². The first-order valence-corrected chi connectivity index (χ1v) is 1.49. The largest absolute Gasteiger partial charge is 1.00 e. The molecule has 0 unspecified atom stereocenters. The van der Waals surface area contributed by atoms with Crippen molar-refractivity contribution < 1.29 is 28.8 Å². The second-order valence-electron chi connectivity index (χ2n) is 0.878. The van der Waals surface area contributed by atoms with Gasteiger partial charge in [-0.05, 0) is 0 Å². The number of nitrogens with zero attached hydrogens (tertiary/aromatic N) is 1. The molecule has 0 saturated heterocycles. The molecule has 0 amide bonds. The molecule has 0 atom stereocenters. The molecule has 8 heavy (non-hydrogen) atoms. The molecule has 0 aliphatic heterocycles. The third-order valence-electron chi connectivity index (χ3n) is 0.381. The maximum Gasteiger partial charge on any atom is 1.00 e. The minimum Gasteiger partial charge on any atom is -0.544 e. The summed E-state index contributed by atoms with van der Waals surface area (Å²) in [4.78, 5) is 9.50. The van der Waals surface area contributed by atoms with Crippen molar-refractivity contribution >= 4 is 5.97 Å². The van der Waals surface area contributed by atoms with Gasteiger partial charge in [-0.2, -0.15) is 5.26 Å². The van der Waals surface area contributed by atoms with E-state index >= 15 is 0 Å². The molecule has 0 aliphatic rings. The molecule has 0 heterocycles. The van der Waals surface area contributed by atoms with Crippen molar-refractivity contribution in [3.8, 4) is 6.07 Å². The Morgan fingerprint density at radius 2 is 2.12 bits per heavy atom. The van der Waals surface area contributed by atoms with E-state index in [1.54, 1.807) is 0 Å². The standard InChI is InChI=1S/C4H3NO2.Li/c1-3(2-5)4(6)7;/h1H2,(H,6,7);/q;+1/p-1. The van der Waals surface area contributed by atoms with Crippen molar-refractivity contribution in [2.24, 2.45) is 0 Å². The average Bonchev–Trinajstić information content (AvgIpc) is 1.65. The van der Waals surface area contributed by atoms with Crippen molar-refractivity contribution in [2.75, 3.05) is 0 Å². The van der Waals surface area contributed by atoms with Gasteiger partial charge < -0.3 is 9.90 Å². The summed E-state index contributed by atoms with van der Waals surface area (Å²) in [7, 11) is 0. The van der Waals surface area contributed by atoms with Gasteiger partial charge in [0.15, 0.2) is 0 Å². The van der Waals surface area contributed by atoms with Crippen LogP contribution in [0.1, 0.15) is 0 Å². The van der Waals surface area contributed by atoms with Crippen LogP contribution in [0.25, 0.3) is 0 Å². The van der Waals surface area contributed by atoms with Gasteiger partial charge >= 0.3 is 18.9 Å². The molecule has 0 fully saturated rings. The van der Waals surface area contributed by atoms with Crippen LogP contribution >= 0.6 is 0 Å². The Kier molecular flexibility index (Phi) is 5.74. The molecule has 0 radical (unpaired) electrons.